The van der Waals surface area contributed by atoms with Crippen molar-refractivity contribution in [2.24, 2.45) is 0 Å². The van der Waals surface area contributed by atoms with Crippen molar-refractivity contribution in [2.45, 2.75) is 0 Å². The predicted octanol–water partition coefficient (Wildman–Crippen LogP) is 2.49. The molecule has 1 unspecified atom stereocenters. The Morgan fingerprint density at radius 2 is 1.56 bits per heavy atom. The summed E-state index contributed by atoms with van der Waals surface area (Å²) in [5, 5.41) is 2.24. The average Bonchev–Trinajstić information content (AvgIpc) is 1.83. The van der Waals surface area contributed by atoms with Gasteiger partial charge in [-0.3, -0.25) is 0 Å². The van der Waals surface area contributed by atoms with Crippen LogP contribution in [0.2, 0.25) is 10.0 Å². The Kier molecular flexibility index (Phi) is 2.35. The molecule has 1 rings (SSSR count). The van der Waals surface area contributed by atoms with Crippen molar-refractivity contribution in [1.82, 2.24) is 0 Å². The molecular weight excluding hydrogens is 174 g/mol. The number of hydrogen-bond acceptors (Lipinski definition) is 0. The minimum absolute atomic E-state index is 0.688. The van der Waals surface area contributed by atoms with Crippen molar-refractivity contribution >= 4 is 37.7 Å². The maximum absolute atomic E-state index is 5.71. The molecule has 0 aliphatic carbocycles. The lowest BCUT2D eigenvalue weighted by Gasteiger charge is -1.96. The average molecular weight is 179 g/mol. The van der Waals surface area contributed by atoms with Crippen LogP contribution >= 0.6 is 32.4 Å². The van der Waals surface area contributed by atoms with Gasteiger partial charge in [0.1, 0.15) is 0 Å². The summed E-state index contributed by atoms with van der Waals surface area (Å²) in [4.78, 5) is 0. The zero-order chi connectivity index (χ0) is 6.85. The highest BCUT2D eigenvalue weighted by Gasteiger charge is 1.96. The Bertz CT molecular complexity index is 202. The van der Waals surface area contributed by atoms with E-state index in [9.17, 15) is 0 Å². The van der Waals surface area contributed by atoms with E-state index in [-0.39, 0.29) is 0 Å². The standard InChI is InChI=1S/C6H5Cl2P/c7-4-2-1-3-5(8)6(4)9/h1-3H,9H2. The monoisotopic (exact) mass is 178 g/mol. The summed E-state index contributed by atoms with van der Waals surface area (Å²) in [6.45, 7) is 0. The summed E-state index contributed by atoms with van der Waals surface area (Å²) in [6, 6.07) is 5.42. The highest BCUT2D eigenvalue weighted by Crippen LogP contribution is 2.15. The van der Waals surface area contributed by atoms with Crippen LogP contribution in [0.25, 0.3) is 0 Å². The van der Waals surface area contributed by atoms with Crippen LogP contribution < -0.4 is 5.30 Å². The van der Waals surface area contributed by atoms with Crippen LogP contribution in [0.4, 0.5) is 0 Å². The van der Waals surface area contributed by atoms with Crippen LogP contribution in [-0.2, 0) is 0 Å². The van der Waals surface area contributed by atoms with Gasteiger partial charge >= 0.3 is 0 Å². The van der Waals surface area contributed by atoms with E-state index >= 15 is 0 Å². The van der Waals surface area contributed by atoms with E-state index in [0.717, 1.165) is 5.30 Å². The highest BCUT2D eigenvalue weighted by molar-refractivity contribution is 7.28. The second-order valence-corrected chi connectivity index (χ2v) is 3.03. The zero-order valence-electron chi connectivity index (χ0n) is 4.57. The van der Waals surface area contributed by atoms with Gasteiger partial charge in [-0.1, -0.05) is 29.3 Å². The molecule has 0 nitrogen and oxygen atoms in total. The summed E-state index contributed by atoms with van der Waals surface area (Å²) in [5.41, 5.74) is 0. The number of rotatable bonds is 0. The van der Waals surface area contributed by atoms with E-state index in [4.69, 9.17) is 23.2 Å². The van der Waals surface area contributed by atoms with Gasteiger partial charge in [-0.25, -0.2) is 0 Å². The molecule has 1 aromatic carbocycles. The van der Waals surface area contributed by atoms with E-state index in [2.05, 4.69) is 9.24 Å². The van der Waals surface area contributed by atoms with E-state index in [1.165, 1.54) is 0 Å². The van der Waals surface area contributed by atoms with Crippen molar-refractivity contribution in [3.8, 4) is 0 Å². The van der Waals surface area contributed by atoms with E-state index in [0.29, 0.717) is 10.0 Å². The zero-order valence-corrected chi connectivity index (χ0v) is 7.23. The lowest BCUT2D eigenvalue weighted by atomic mass is 10.4. The van der Waals surface area contributed by atoms with Gasteiger partial charge in [-0.05, 0) is 12.1 Å². The summed E-state index contributed by atoms with van der Waals surface area (Å²) in [5.74, 6) is 0. The molecule has 48 valence electrons. The topological polar surface area (TPSA) is 0 Å². The SMILES string of the molecule is Pc1c(Cl)cccc1Cl. The van der Waals surface area contributed by atoms with Crippen LogP contribution in [0.1, 0.15) is 0 Å². The molecule has 0 radical (unpaired) electrons. The third-order valence-electron chi connectivity index (χ3n) is 1.000. The summed E-state index contributed by atoms with van der Waals surface area (Å²) >= 11 is 11.4. The van der Waals surface area contributed by atoms with Crippen molar-refractivity contribution in [1.29, 1.82) is 0 Å². The molecule has 0 aliphatic rings. The normalized spacial score (nSPS) is 9.67. The number of benzene rings is 1. The van der Waals surface area contributed by atoms with Crippen molar-refractivity contribution in [3.63, 3.8) is 0 Å². The maximum atomic E-state index is 5.71. The Hall–Kier alpha value is 0.230. The van der Waals surface area contributed by atoms with Crippen LogP contribution in [0, 0.1) is 0 Å². The molecule has 1 atom stereocenters. The predicted molar refractivity (Wildman–Crippen MR) is 45.8 cm³/mol. The van der Waals surface area contributed by atoms with Crippen molar-refractivity contribution < 1.29 is 0 Å². The van der Waals surface area contributed by atoms with Crippen LogP contribution in [0.3, 0.4) is 0 Å². The summed E-state index contributed by atoms with van der Waals surface area (Å²) in [7, 11) is 2.48. The molecule has 0 spiro atoms. The van der Waals surface area contributed by atoms with Gasteiger partial charge in [0.25, 0.3) is 0 Å². The molecule has 0 amide bonds. The van der Waals surface area contributed by atoms with Crippen LogP contribution in [-0.4, -0.2) is 0 Å². The third-order valence-corrected chi connectivity index (χ3v) is 2.65. The fourth-order valence-corrected chi connectivity index (χ4v) is 1.10. The number of hydrogen-bond donors (Lipinski definition) is 0. The van der Waals surface area contributed by atoms with Crippen LogP contribution in [0.5, 0.6) is 0 Å². The van der Waals surface area contributed by atoms with Crippen molar-refractivity contribution in [2.75, 3.05) is 0 Å². The van der Waals surface area contributed by atoms with Crippen LogP contribution in [0.15, 0.2) is 18.2 Å². The quantitative estimate of drug-likeness (QED) is 0.536. The second kappa shape index (κ2) is 2.88. The first-order valence-corrected chi connectivity index (χ1v) is 3.74. The highest BCUT2D eigenvalue weighted by atomic mass is 35.5. The van der Waals surface area contributed by atoms with Gasteiger partial charge < -0.3 is 0 Å². The fourth-order valence-electron chi connectivity index (χ4n) is 0.511. The Morgan fingerprint density at radius 3 is 1.89 bits per heavy atom. The molecule has 0 saturated heterocycles. The van der Waals surface area contributed by atoms with Gasteiger partial charge in [-0.2, -0.15) is 0 Å². The molecule has 0 aliphatic heterocycles. The Balaban J connectivity index is 3.25. The van der Waals surface area contributed by atoms with Gasteiger partial charge in [-0.15, -0.1) is 9.24 Å². The first kappa shape index (κ1) is 7.34. The number of halogens is 2. The minimum Gasteiger partial charge on any atom is -0.102 e. The van der Waals surface area contributed by atoms with Gasteiger partial charge in [0.15, 0.2) is 0 Å². The Morgan fingerprint density at radius 1 is 1.11 bits per heavy atom. The van der Waals surface area contributed by atoms with Crippen molar-refractivity contribution in [3.05, 3.63) is 28.2 Å². The van der Waals surface area contributed by atoms with Gasteiger partial charge in [0.2, 0.25) is 0 Å². The molecule has 1 aromatic rings. The Labute approximate surface area is 66.4 Å². The minimum atomic E-state index is 0.688. The lowest BCUT2D eigenvalue weighted by molar-refractivity contribution is 1.77. The first-order valence-electron chi connectivity index (χ1n) is 2.41. The van der Waals surface area contributed by atoms with Gasteiger partial charge in [0, 0.05) is 15.3 Å². The molecule has 0 N–H and O–H groups in total. The van der Waals surface area contributed by atoms with E-state index < -0.39 is 0 Å². The molecule has 9 heavy (non-hydrogen) atoms. The molecule has 0 saturated carbocycles. The molecular formula is C6H5Cl2P. The molecule has 3 heteroatoms. The molecule has 0 bridgehead atoms. The summed E-state index contributed by atoms with van der Waals surface area (Å²) < 4.78 is 0. The lowest BCUT2D eigenvalue weighted by Crippen LogP contribution is -1.92. The fraction of sp³-hybridized carbons (Fsp3) is 0. The maximum Gasteiger partial charge on any atom is 0.0492 e. The molecule has 0 fully saturated rings. The second-order valence-electron chi connectivity index (χ2n) is 1.64. The summed E-state index contributed by atoms with van der Waals surface area (Å²) in [6.07, 6.45) is 0. The first-order chi connectivity index (χ1) is 4.22. The molecule has 0 aromatic heterocycles. The molecule has 0 heterocycles. The van der Waals surface area contributed by atoms with E-state index in [1.54, 1.807) is 12.1 Å². The van der Waals surface area contributed by atoms with E-state index in [1.807, 2.05) is 6.07 Å². The third kappa shape index (κ3) is 1.58. The smallest absolute Gasteiger partial charge is 0.0492 e. The largest absolute Gasteiger partial charge is 0.102 e. The van der Waals surface area contributed by atoms with Gasteiger partial charge in [0.05, 0.1) is 0 Å².